The molecule has 1 aliphatic carbocycles. The summed E-state index contributed by atoms with van der Waals surface area (Å²) in [5, 5.41) is 8.83. The summed E-state index contributed by atoms with van der Waals surface area (Å²) in [6, 6.07) is 1.02. The minimum atomic E-state index is -3.63. The van der Waals surface area contributed by atoms with Gasteiger partial charge in [0.1, 0.15) is 10.6 Å². The number of carbonyl (C=O) groups is 1. The second-order valence-electron chi connectivity index (χ2n) is 5.17. The number of carboxylic acid groups (broad SMARTS) is 1. The SMILES string of the molecule is CC(C)N(CC1CC1)S(=O)(=O)c1c[nH]c(C(=O)O)c1. The number of hydrogen-bond acceptors (Lipinski definition) is 3. The van der Waals surface area contributed by atoms with E-state index in [2.05, 4.69) is 4.98 Å². The number of H-pyrrole nitrogens is 1. The van der Waals surface area contributed by atoms with Crippen LogP contribution < -0.4 is 0 Å². The smallest absolute Gasteiger partial charge is 0.352 e. The van der Waals surface area contributed by atoms with E-state index in [-0.39, 0.29) is 16.6 Å². The summed E-state index contributed by atoms with van der Waals surface area (Å²) in [6.07, 6.45) is 3.36. The van der Waals surface area contributed by atoms with Crippen molar-refractivity contribution in [2.45, 2.75) is 37.6 Å². The van der Waals surface area contributed by atoms with Gasteiger partial charge in [0.05, 0.1) is 0 Å². The van der Waals surface area contributed by atoms with E-state index in [1.54, 1.807) is 0 Å². The Morgan fingerprint density at radius 2 is 2.16 bits per heavy atom. The van der Waals surface area contributed by atoms with E-state index in [1.165, 1.54) is 16.6 Å². The number of sulfonamides is 1. The molecule has 0 radical (unpaired) electrons. The molecule has 7 heteroatoms. The lowest BCUT2D eigenvalue weighted by Gasteiger charge is -2.25. The van der Waals surface area contributed by atoms with Crippen molar-refractivity contribution in [1.82, 2.24) is 9.29 Å². The fourth-order valence-corrected chi connectivity index (χ4v) is 3.63. The Labute approximate surface area is 112 Å². The highest BCUT2D eigenvalue weighted by atomic mass is 32.2. The molecule has 106 valence electrons. The molecule has 6 nitrogen and oxygen atoms in total. The normalized spacial score (nSPS) is 16.2. The van der Waals surface area contributed by atoms with E-state index in [9.17, 15) is 13.2 Å². The third-order valence-electron chi connectivity index (χ3n) is 3.20. The summed E-state index contributed by atoms with van der Waals surface area (Å²) in [5.41, 5.74) is -0.117. The van der Waals surface area contributed by atoms with Gasteiger partial charge in [-0.2, -0.15) is 4.31 Å². The molecule has 0 aromatic carbocycles. The van der Waals surface area contributed by atoms with Gasteiger partial charge in [-0.1, -0.05) is 0 Å². The average molecular weight is 286 g/mol. The van der Waals surface area contributed by atoms with E-state index in [0.717, 1.165) is 12.8 Å². The van der Waals surface area contributed by atoms with Crippen LogP contribution in [0.4, 0.5) is 0 Å². The molecule has 0 bridgehead atoms. The summed E-state index contributed by atoms with van der Waals surface area (Å²) in [5.74, 6) is -0.727. The zero-order valence-electron chi connectivity index (χ0n) is 11.0. The van der Waals surface area contributed by atoms with E-state index in [4.69, 9.17) is 5.11 Å². The van der Waals surface area contributed by atoms with Crippen molar-refractivity contribution in [1.29, 1.82) is 0 Å². The molecular weight excluding hydrogens is 268 g/mol. The molecule has 0 spiro atoms. The fourth-order valence-electron chi connectivity index (χ4n) is 1.92. The maximum Gasteiger partial charge on any atom is 0.352 e. The van der Waals surface area contributed by atoms with Gasteiger partial charge in [0, 0.05) is 18.8 Å². The molecule has 1 heterocycles. The van der Waals surface area contributed by atoms with Crippen LogP contribution >= 0.6 is 0 Å². The van der Waals surface area contributed by atoms with Gasteiger partial charge in [-0.15, -0.1) is 0 Å². The van der Waals surface area contributed by atoms with E-state index >= 15 is 0 Å². The molecule has 0 unspecified atom stereocenters. The first-order valence-corrected chi connectivity index (χ1v) is 7.70. The third kappa shape index (κ3) is 2.98. The van der Waals surface area contributed by atoms with Crippen LogP contribution in [0.15, 0.2) is 17.2 Å². The van der Waals surface area contributed by atoms with Crippen molar-refractivity contribution in [3.05, 3.63) is 18.0 Å². The highest BCUT2D eigenvalue weighted by Gasteiger charge is 2.34. The van der Waals surface area contributed by atoms with Gasteiger partial charge >= 0.3 is 5.97 Å². The van der Waals surface area contributed by atoms with Crippen molar-refractivity contribution in [2.24, 2.45) is 5.92 Å². The van der Waals surface area contributed by atoms with Crippen LogP contribution in [0.2, 0.25) is 0 Å². The Hall–Kier alpha value is -1.34. The number of carboxylic acids is 1. The van der Waals surface area contributed by atoms with Crippen molar-refractivity contribution in [3.8, 4) is 0 Å². The topological polar surface area (TPSA) is 90.5 Å². The predicted octanol–water partition coefficient (Wildman–Crippen LogP) is 1.52. The number of aromatic amines is 1. The largest absolute Gasteiger partial charge is 0.477 e. The highest BCUT2D eigenvalue weighted by Crippen LogP contribution is 2.32. The molecule has 2 rings (SSSR count). The van der Waals surface area contributed by atoms with Crippen LogP contribution in [0.5, 0.6) is 0 Å². The van der Waals surface area contributed by atoms with Crippen LogP contribution in [-0.2, 0) is 10.0 Å². The molecule has 1 saturated carbocycles. The van der Waals surface area contributed by atoms with Crippen molar-refractivity contribution >= 4 is 16.0 Å². The Morgan fingerprint density at radius 1 is 1.53 bits per heavy atom. The van der Waals surface area contributed by atoms with Crippen LogP contribution in [0.1, 0.15) is 37.2 Å². The average Bonchev–Trinajstić information content (AvgIpc) is 2.97. The molecule has 0 amide bonds. The summed E-state index contributed by atoms with van der Waals surface area (Å²) in [4.78, 5) is 13.3. The molecule has 1 aromatic rings. The molecule has 1 aliphatic rings. The van der Waals surface area contributed by atoms with Gasteiger partial charge in [-0.05, 0) is 38.7 Å². The first-order valence-electron chi connectivity index (χ1n) is 6.26. The van der Waals surface area contributed by atoms with Gasteiger partial charge in [0.15, 0.2) is 0 Å². The van der Waals surface area contributed by atoms with E-state index in [1.807, 2.05) is 13.8 Å². The first-order chi connectivity index (χ1) is 8.82. The fraction of sp³-hybridized carbons (Fsp3) is 0.583. The molecule has 0 saturated heterocycles. The summed E-state index contributed by atoms with van der Waals surface area (Å²) < 4.78 is 26.4. The second-order valence-corrected chi connectivity index (χ2v) is 7.06. The Balaban J connectivity index is 2.29. The summed E-state index contributed by atoms with van der Waals surface area (Å²) >= 11 is 0. The lowest BCUT2D eigenvalue weighted by atomic mass is 10.3. The number of aromatic carboxylic acids is 1. The molecule has 0 aliphatic heterocycles. The first kappa shape index (κ1) is 14.1. The Morgan fingerprint density at radius 3 is 2.58 bits per heavy atom. The van der Waals surface area contributed by atoms with Crippen molar-refractivity contribution in [2.75, 3.05) is 6.54 Å². The summed E-state index contributed by atoms with van der Waals surface area (Å²) in [7, 11) is -3.63. The van der Waals surface area contributed by atoms with E-state index < -0.39 is 16.0 Å². The zero-order valence-corrected chi connectivity index (χ0v) is 11.8. The Kier molecular flexibility index (Phi) is 3.69. The van der Waals surface area contributed by atoms with Crippen LogP contribution in [0, 0.1) is 5.92 Å². The lowest BCUT2D eigenvalue weighted by molar-refractivity contribution is 0.0691. The quantitative estimate of drug-likeness (QED) is 0.829. The van der Waals surface area contributed by atoms with Gasteiger partial charge in [-0.3, -0.25) is 0 Å². The van der Waals surface area contributed by atoms with Crippen LogP contribution in [-0.4, -0.2) is 41.4 Å². The number of nitrogens with one attached hydrogen (secondary N) is 1. The molecule has 0 atom stereocenters. The third-order valence-corrected chi connectivity index (χ3v) is 5.22. The minimum absolute atomic E-state index is 0.0132. The number of hydrogen-bond donors (Lipinski definition) is 2. The van der Waals surface area contributed by atoms with E-state index in [0.29, 0.717) is 12.5 Å². The van der Waals surface area contributed by atoms with Gasteiger partial charge in [-0.25, -0.2) is 13.2 Å². The number of aromatic nitrogens is 1. The number of nitrogens with zero attached hydrogens (tertiary/aromatic N) is 1. The minimum Gasteiger partial charge on any atom is -0.477 e. The molecule has 19 heavy (non-hydrogen) atoms. The molecule has 1 aromatic heterocycles. The van der Waals surface area contributed by atoms with Crippen LogP contribution in [0.3, 0.4) is 0 Å². The second kappa shape index (κ2) is 4.97. The maximum absolute atomic E-state index is 12.5. The monoisotopic (exact) mass is 286 g/mol. The van der Waals surface area contributed by atoms with Gasteiger partial charge in [0.25, 0.3) is 0 Å². The van der Waals surface area contributed by atoms with Crippen molar-refractivity contribution in [3.63, 3.8) is 0 Å². The Bertz CT molecular complexity index is 572. The van der Waals surface area contributed by atoms with Gasteiger partial charge in [0.2, 0.25) is 10.0 Å². The number of rotatable bonds is 6. The zero-order chi connectivity index (χ0) is 14.2. The molecule has 1 fully saturated rings. The van der Waals surface area contributed by atoms with Gasteiger partial charge < -0.3 is 10.1 Å². The molecule has 2 N–H and O–H groups in total. The predicted molar refractivity (Wildman–Crippen MR) is 69.5 cm³/mol. The highest BCUT2D eigenvalue weighted by molar-refractivity contribution is 7.89. The lowest BCUT2D eigenvalue weighted by Crippen LogP contribution is -2.38. The molecular formula is C12H18N2O4S. The maximum atomic E-state index is 12.5. The van der Waals surface area contributed by atoms with Crippen LogP contribution in [0.25, 0.3) is 0 Å². The standard InChI is InChI=1S/C12H18N2O4S/c1-8(2)14(7-9-3-4-9)19(17,18)10-5-11(12(15)16)13-6-10/h5-6,8-9,13H,3-4,7H2,1-2H3,(H,15,16). The summed E-state index contributed by atoms with van der Waals surface area (Å²) in [6.45, 7) is 4.16. The van der Waals surface area contributed by atoms with Crippen molar-refractivity contribution < 1.29 is 18.3 Å².